The number of carbonyl (C=O) groups is 3. The molecule has 28 heavy (non-hydrogen) atoms. The molecule has 6 nitrogen and oxygen atoms in total. The molecule has 2 aliphatic rings. The summed E-state index contributed by atoms with van der Waals surface area (Å²) in [6, 6.07) is 6.35. The number of piperidine rings is 1. The number of hydrogen-bond donors (Lipinski definition) is 1. The Morgan fingerprint density at radius 1 is 1.29 bits per heavy atom. The maximum Gasteiger partial charge on any atom is 0.306 e. The number of carbonyl (C=O) groups excluding carboxylic acids is 2. The molecule has 0 saturated carbocycles. The molecule has 2 aliphatic heterocycles. The zero-order valence-corrected chi connectivity index (χ0v) is 17.5. The predicted molar refractivity (Wildman–Crippen MR) is 113 cm³/mol. The fourth-order valence-electron chi connectivity index (χ4n) is 3.25. The summed E-state index contributed by atoms with van der Waals surface area (Å²) in [7, 11) is 0. The molecular formula is C19H19ClN2O4S2. The van der Waals surface area contributed by atoms with Crippen LogP contribution in [0.5, 0.6) is 0 Å². The summed E-state index contributed by atoms with van der Waals surface area (Å²) >= 11 is 12.4. The SMILES string of the molecule is CC(C(=O)N1CCC(C(=O)O)CC1)N1C(=O)C(=Cc2ccc(Cl)cc2)SC1=S. The summed E-state index contributed by atoms with van der Waals surface area (Å²) in [4.78, 5) is 40.2. The van der Waals surface area contributed by atoms with Crippen LogP contribution in [0.1, 0.15) is 25.3 Å². The molecule has 1 aromatic carbocycles. The third-order valence-electron chi connectivity index (χ3n) is 4.89. The minimum Gasteiger partial charge on any atom is -0.481 e. The largest absolute Gasteiger partial charge is 0.481 e. The number of benzene rings is 1. The summed E-state index contributed by atoms with van der Waals surface area (Å²) in [5, 5.41) is 9.70. The summed E-state index contributed by atoms with van der Waals surface area (Å²) in [5.74, 6) is -1.76. The zero-order valence-electron chi connectivity index (χ0n) is 15.1. The number of thiocarbonyl (C=S) groups is 1. The summed E-state index contributed by atoms with van der Waals surface area (Å²) in [6.07, 6.45) is 2.57. The fraction of sp³-hybridized carbons (Fsp3) is 0.368. The van der Waals surface area contributed by atoms with Crippen molar-refractivity contribution in [1.29, 1.82) is 0 Å². The molecule has 9 heteroatoms. The molecule has 0 spiro atoms. The van der Waals surface area contributed by atoms with Crippen LogP contribution in [0.4, 0.5) is 0 Å². The van der Waals surface area contributed by atoms with Gasteiger partial charge >= 0.3 is 5.97 Å². The monoisotopic (exact) mass is 438 g/mol. The van der Waals surface area contributed by atoms with Crippen LogP contribution in [-0.2, 0) is 14.4 Å². The van der Waals surface area contributed by atoms with Gasteiger partial charge in [-0.05, 0) is 43.5 Å². The Hall–Kier alpha value is -1.90. The van der Waals surface area contributed by atoms with Crippen LogP contribution in [0, 0.1) is 5.92 Å². The van der Waals surface area contributed by atoms with Gasteiger partial charge in [-0.3, -0.25) is 19.3 Å². The predicted octanol–water partition coefficient (Wildman–Crippen LogP) is 3.25. The van der Waals surface area contributed by atoms with Crippen LogP contribution in [0.2, 0.25) is 5.02 Å². The second-order valence-corrected chi connectivity index (χ2v) is 8.83. The van der Waals surface area contributed by atoms with Crippen LogP contribution in [0.15, 0.2) is 29.2 Å². The summed E-state index contributed by atoms with van der Waals surface area (Å²) in [6.45, 7) is 2.40. The summed E-state index contributed by atoms with van der Waals surface area (Å²) in [5.41, 5.74) is 0.819. The van der Waals surface area contributed by atoms with Crippen molar-refractivity contribution in [1.82, 2.24) is 9.80 Å². The highest BCUT2D eigenvalue weighted by molar-refractivity contribution is 8.26. The van der Waals surface area contributed by atoms with Crippen molar-refractivity contribution in [3.05, 3.63) is 39.8 Å². The molecule has 0 aliphatic carbocycles. The third kappa shape index (κ3) is 4.39. The normalized spacial score (nSPS) is 20.7. The molecule has 2 saturated heterocycles. The van der Waals surface area contributed by atoms with E-state index in [1.54, 1.807) is 42.2 Å². The van der Waals surface area contributed by atoms with Gasteiger partial charge in [0.05, 0.1) is 10.8 Å². The van der Waals surface area contributed by atoms with E-state index in [1.807, 2.05) is 0 Å². The number of hydrogen-bond acceptors (Lipinski definition) is 5. The molecule has 1 aromatic rings. The Bertz CT molecular complexity index is 848. The van der Waals surface area contributed by atoms with Crippen LogP contribution < -0.4 is 0 Å². The van der Waals surface area contributed by atoms with Gasteiger partial charge in [-0.25, -0.2) is 0 Å². The number of carboxylic acid groups (broad SMARTS) is 1. The van der Waals surface area contributed by atoms with E-state index in [4.69, 9.17) is 28.9 Å². The molecule has 1 unspecified atom stereocenters. The van der Waals surface area contributed by atoms with Crippen molar-refractivity contribution in [2.24, 2.45) is 5.92 Å². The average Bonchev–Trinajstić information content (AvgIpc) is 2.95. The highest BCUT2D eigenvalue weighted by Gasteiger charge is 2.40. The molecule has 3 rings (SSSR count). The molecule has 148 valence electrons. The minimum atomic E-state index is -0.829. The lowest BCUT2D eigenvalue weighted by molar-refractivity contribution is -0.147. The lowest BCUT2D eigenvalue weighted by Gasteiger charge is -2.34. The Morgan fingerprint density at radius 3 is 2.46 bits per heavy atom. The lowest BCUT2D eigenvalue weighted by atomic mass is 9.96. The summed E-state index contributed by atoms with van der Waals surface area (Å²) < 4.78 is 0.339. The molecule has 2 heterocycles. The average molecular weight is 439 g/mol. The zero-order chi connectivity index (χ0) is 20.4. The maximum absolute atomic E-state index is 12.8. The van der Waals surface area contributed by atoms with Crippen molar-refractivity contribution in [2.75, 3.05) is 13.1 Å². The highest BCUT2D eigenvalue weighted by Crippen LogP contribution is 2.34. The Kier molecular flexibility index (Phi) is 6.42. The molecule has 0 radical (unpaired) electrons. The number of amides is 2. The number of carboxylic acids is 1. The number of thioether (sulfide) groups is 1. The molecule has 2 amide bonds. The van der Waals surface area contributed by atoms with Gasteiger partial charge in [0.2, 0.25) is 5.91 Å². The Balaban J connectivity index is 1.70. The first-order valence-electron chi connectivity index (χ1n) is 8.82. The minimum absolute atomic E-state index is 0.215. The van der Waals surface area contributed by atoms with E-state index >= 15 is 0 Å². The maximum atomic E-state index is 12.8. The van der Waals surface area contributed by atoms with Gasteiger partial charge in [0, 0.05) is 18.1 Å². The van der Waals surface area contributed by atoms with Gasteiger partial charge in [-0.1, -0.05) is 47.7 Å². The van der Waals surface area contributed by atoms with E-state index in [9.17, 15) is 14.4 Å². The third-order valence-corrected chi connectivity index (χ3v) is 6.47. The number of likely N-dealkylation sites (tertiary alicyclic amines) is 1. The Morgan fingerprint density at radius 2 is 1.89 bits per heavy atom. The number of aliphatic carboxylic acids is 1. The van der Waals surface area contributed by atoms with Crippen molar-refractivity contribution in [2.45, 2.75) is 25.8 Å². The van der Waals surface area contributed by atoms with Crippen LogP contribution >= 0.6 is 35.6 Å². The second kappa shape index (κ2) is 8.63. The van der Waals surface area contributed by atoms with Gasteiger partial charge in [0.25, 0.3) is 5.91 Å². The molecule has 0 bridgehead atoms. The van der Waals surface area contributed by atoms with E-state index in [-0.39, 0.29) is 11.8 Å². The quantitative estimate of drug-likeness (QED) is 0.574. The standard InChI is InChI=1S/C19H19ClN2O4S2/c1-11(16(23)21-8-6-13(7-9-21)18(25)26)22-17(24)15(28-19(22)27)10-12-2-4-14(20)5-3-12/h2-5,10-11,13H,6-9H2,1H3,(H,25,26). The number of halogens is 1. The van der Waals surface area contributed by atoms with Gasteiger partial charge < -0.3 is 10.0 Å². The fourth-order valence-corrected chi connectivity index (χ4v) is 4.79. The molecular weight excluding hydrogens is 420 g/mol. The molecule has 1 N–H and O–H groups in total. The van der Waals surface area contributed by atoms with Crippen LogP contribution in [0.3, 0.4) is 0 Å². The van der Waals surface area contributed by atoms with E-state index in [2.05, 4.69) is 0 Å². The first-order chi connectivity index (χ1) is 13.3. The van der Waals surface area contributed by atoms with E-state index in [0.717, 1.165) is 17.3 Å². The number of rotatable bonds is 4. The highest BCUT2D eigenvalue weighted by atomic mass is 35.5. The van der Waals surface area contributed by atoms with Crippen molar-refractivity contribution >= 4 is 63.8 Å². The molecule has 0 aromatic heterocycles. The van der Waals surface area contributed by atoms with Crippen molar-refractivity contribution in [3.63, 3.8) is 0 Å². The lowest BCUT2D eigenvalue weighted by Crippen LogP contribution is -2.51. The van der Waals surface area contributed by atoms with Gasteiger partial charge in [-0.15, -0.1) is 0 Å². The first kappa shape index (κ1) is 20.8. The van der Waals surface area contributed by atoms with Crippen molar-refractivity contribution < 1.29 is 19.5 Å². The van der Waals surface area contributed by atoms with Gasteiger partial charge in [-0.2, -0.15) is 0 Å². The smallest absolute Gasteiger partial charge is 0.306 e. The number of nitrogens with zero attached hydrogens (tertiary/aromatic N) is 2. The van der Waals surface area contributed by atoms with Crippen LogP contribution in [-0.4, -0.2) is 56.1 Å². The Labute approximate surface area is 177 Å². The van der Waals surface area contributed by atoms with E-state index < -0.39 is 17.9 Å². The second-order valence-electron chi connectivity index (χ2n) is 6.72. The van der Waals surface area contributed by atoms with Crippen LogP contribution in [0.25, 0.3) is 6.08 Å². The van der Waals surface area contributed by atoms with Gasteiger partial charge in [0.1, 0.15) is 10.4 Å². The van der Waals surface area contributed by atoms with Crippen molar-refractivity contribution in [3.8, 4) is 0 Å². The van der Waals surface area contributed by atoms with E-state index in [1.165, 1.54) is 4.90 Å². The topological polar surface area (TPSA) is 77.9 Å². The first-order valence-corrected chi connectivity index (χ1v) is 10.4. The van der Waals surface area contributed by atoms with E-state index in [0.29, 0.717) is 40.2 Å². The molecule has 2 fully saturated rings. The molecule has 1 atom stereocenters. The van der Waals surface area contributed by atoms with Gasteiger partial charge in [0.15, 0.2) is 0 Å².